The van der Waals surface area contributed by atoms with Crippen LogP contribution in [0, 0.1) is 13.8 Å². The molecule has 2 atom stereocenters. The van der Waals surface area contributed by atoms with Gasteiger partial charge in [0.2, 0.25) is 0 Å². The maximum atomic E-state index is 12.9. The first-order valence-corrected chi connectivity index (χ1v) is 11.0. The Kier molecular flexibility index (Phi) is 7.89. The number of carbonyl (C=O) groups excluding carboxylic acids is 1. The number of rotatable bonds is 9. The van der Waals surface area contributed by atoms with Crippen LogP contribution < -0.4 is 5.32 Å². The fourth-order valence-electron chi connectivity index (χ4n) is 3.65. The summed E-state index contributed by atoms with van der Waals surface area (Å²) in [7, 11) is 0. The van der Waals surface area contributed by atoms with Crippen LogP contribution in [-0.2, 0) is 6.54 Å². The molecule has 1 aromatic heterocycles. The van der Waals surface area contributed by atoms with Gasteiger partial charge in [-0.2, -0.15) is 5.10 Å². The van der Waals surface area contributed by atoms with Crippen molar-refractivity contribution in [1.82, 2.24) is 15.1 Å². The Balaban J connectivity index is 1.61. The van der Waals surface area contributed by atoms with Crippen molar-refractivity contribution in [3.05, 3.63) is 86.7 Å². The second-order valence-electron chi connectivity index (χ2n) is 7.71. The number of aliphatic hydroxyl groups excluding tert-OH is 1. The van der Waals surface area contributed by atoms with E-state index in [4.69, 9.17) is 23.2 Å². The van der Waals surface area contributed by atoms with Crippen molar-refractivity contribution in [3.8, 4) is 0 Å². The predicted octanol–water partition coefficient (Wildman–Crippen LogP) is 5.14. The van der Waals surface area contributed by atoms with Crippen LogP contribution in [0.2, 0.25) is 10.0 Å². The fraction of sp³-hybridized carbons (Fsp3) is 0.333. The van der Waals surface area contributed by atoms with Crippen LogP contribution in [0.3, 0.4) is 0 Å². The number of carbonyl (C=O) groups is 1. The number of aliphatic hydroxyl groups is 1. The smallest absolute Gasteiger partial charge is 0.167 e. The van der Waals surface area contributed by atoms with E-state index < -0.39 is 6.10 Å². The van der Waals surface area contributed by atoms with Crippen LogP contribution in [-0.4, -0.2) is 33.3 Å². The molecule has 0 saturated carbocycles. The Morgan fingerprint density at radius 2 is 1.87 bits per heavy atom. The molecular weight excluding hydrogens is 433 g/mol. The molecule has 0 fully saturated rings. The van der Waals surface area contributed by atoms with E-state index in [9.17, 15) is 9.90 Å². The molecule has 3 aromatic rings. The van der Waals surface area contributed by atoms with Gasteiger partial charge in [-0.05, 0) is 44.0 Å². The Hall–Kier alpha value is -2.18. The van der Waals surface area contributed by atoms with E-state index in [0.29, 0.717) is 40.8 Å². The summed E-state index contributed by atoms with van der Waals surface area (Å²) in [5.41, 5.74) is 3.89. The number of hydrogen-bond acceptors (Lipinski definition) is 4. The molecule has 2 aromatic carbocycles. The highest BCUT2D eigenvalue weighted by Crippen LogP contribution is 2.24. The molecule has 0 saturated heterocycles. The molecule has 0 aliphatic rings. The van der Waals surface area contributed by atoms with E-state index in [1.807, 2.05) is 57.2 Å². The van der Waals surface area contributed by atoms with Gasteiger partial charge >= 0.3 is 0 Å². The van der Waals surface area contributed by atoms with Crippen molar-refractivity contribution >= 4 is 29.0 Å². The number of nitrogens with zero attached hydrogens (tertiary/aromatic N) is 2. The van der Waals surface area contributed by atoms with Gasteiger partial charge in [0.25, 0.3) is 0 Å². The van der Waals surface area contributed by atoms with Gasteiger partial charge < -0.3 is 10.4 Å². The van der Waals surface area contributed by atoms with E-state index in [1.165, 1.54) is 0 Å². The summed E-state index contributed by atoms with van der Waals surface area (Å²) in [6, 6.07) is 14.7. The summed E-state index contributed by atoms with van der Waals surface area (Å²) < 4.78 is 1.80. The minimum absolute atomic E-state index is 0.0253. The molecule has 164 valence electrons. The summed E-state index contributed by atoms with van der Waals surface area (Å²) in [4.78, 5) is 12.9. The molecule has 3 rings (SSSR count). The largest absolute Gasteiger partial charge is 0.387 e. The van der Waals surface area contributed by atoms with Gasteiger partial charge in [0.15, 0.2) is 5.78 Å². The molecule has 0 bridgehead atoms. The van der Waals surface area contributed by atoms with Crippen LogP contribution in [0.5, 0.6) is 0 Å². The monoisotopic (exact) mass is 459 g/mol. The highest BCUT2D eigenvalue weighted by Gasteiger charge is 2.20. The lowest BCUT2D eigenvalue weighted by Crippen LogP contribution is -2.33. The van der Waals surface area contributed by atoms with Crippen LogP contribution in [0.25, 0.3) is 0 Å². The Morgan fingerprint density at radius 1 is 1.16 bits per heavy atom. The maximum absolute atomic E-state index is 12.9. The lowest BCUT2D eigenvalue weighted by Gasteiger charge is -2.20. The molecule has 0 aliphatic heterocycles. The van der Waals surface area contributed by atoms with Crippen molar-refractivity contribution in [1.29, 1.82) is 0 Å². The van der Waals surface area contributed by atoms with Gasteiger partial charge in [-0.15, -0.1) is 0 Å². The van der Waals surface area contributed by atoms with E-state index in [1.54, 1.807) is 16.8 Å². The minimum Gasteiger partial charge on any atom is -0.387 e. The molecule has 5 nitrogen and oxygen atoms in total. The zero-order valence-corrected chi connectivity index (χ0v) is 19.4. The van der Waals surface area contributed by atoms with Crippen LogP contribution in [0.4, 0.5) is 0 Å². The SMILES string of the molecule is Cc1nn(Cc2ccc(Cl)cc2Cl)c(C)c1C(=O)CCNC(C)C(O)c1ccccc1. The summed E-state index contributed by atoms with van der Waals surface area (Å²) in [6.07, 6.45) is -0.312. The first kappa shape index (κ1) is 23.5. The third kappa shape index (κ3) is 5.74. The standard InChI is InChI=1S/C24H27Cl2N3O2/c1-15-23(17(3)29(28-15)14-19-9-10-20(25)13-21(19)26)22(30)11-12-27-16(2)24(31)18-7-5-4-6-8-18/h4-10,13,16,24,27,31H,11-12,14H2,1-3H3. The molecule has 2 N–H and O–H groups in total. The lowest BCUT2D eigenvalue weighted by atomic mass is 10.0. The van der Waals surface area contributed by atoms with Gasteiger partial charge in [-0.3, -0.25) is 9.48 Å². The van der Waals surface area contributed by atoms with Crippen LogP contribution in [0.15, 0.2) is 48.5 Å². The van der Waals surface area contributed by atoms with Crippen molar-refractivity contribution < 1.29 is 9.90 Å². The number of aromatic nitrogens is 2. The van der Waals surface area contributed by atoms with Gasteiger partial charge in [0, 0.05) is 34.7 Å². The number of Topliss-reactive ketones (excluding diaryl/α,β-unsaturated/α-hetero) is 1. The highest BCUT2D eigenvalue weighted by atomic mass is 35.5. The number of aryl methyl sites for hydroxylation is 1. The summed E-state index contributed by atoms with van der Waals surface area (Å²) in [6.45, 7) is 6.58. The zero-order chi connectivity index (χ0) is 22.5. The predicted molar refractivity (Wildman–Crippen MR) is 125 cm³/mol. The zero-order valence-electron chi connectivity index (χ0n) is 17.9. The Labute approximate surface area is 193 Å². The van der Waals surface area contributed by atoms with Crippen molar-refractivity contribution in [2.45, 2.75) is 45.9 Å². The third-order valence-corrected chi connectivity index (χ3v) is 6.02. The van der Waals surface area contributed by atoms with Gasteiger partial charge in [-0.25, -0.2) is 0 Å². The molecule has 1 heterocycles. The van der Waals surface area contributed by atoms with Gasteiger partial charge in [0.05, 0.1) is 23.9 Å². The van der Waals surface area contributed by atoms with Crippen molar-refractivity contribution in [2.24, 2.45) is 0 Å². The van der Waals surface area contributed by atoms with Crippen molar-refractivity contribution in [2.75, 3.05) is 6.54 Å². The fourth-order valence-corrected chi connectivity index (χ4v) is 4.12. The number of hydrogen-bond donors (Lipinski definition) is 2. The average molecular weight is 460 g/mol. The topological polar surface area (TPSA) is 67.2 Å². The van der Waals surface area contributed by atoms with E-state index in [0.717, 1.165) is 16.8 Å². The summed E-state index contributed by atoms with van der Waals surface area (Å²) >= 11 is 12.3. The normalized spacial score (nSPS) is 13.2. The van der Waals surface area contributed by atoms with Crippen molar-refractivity contribution in [3.63, 3.8) is 0 Å². The number of ketones is 1. The lowest BCUT2D eigenvalue weighted by molar-refractivity contribution is 0.0971. The molecule has 0 spiro atoms. The maximum Gasteiger partial charge on any atom is 0.167 e. The number of nitrogens with one attached hydrogen (secondary N) is 1. The number of halogens is 2. The Morgan fingerprint density at radius 3 is 2.55 bits per heavy atom. The minimum atomic E-state index is -0.633. The number of benzene rings is 2. The average Bonchev–Trinajstić information content (AvgIpc) is 3.03. The van der Waals surface area contributed by atoms with Gasteiger partial charge in [0.1, 0.15) is 0 Å². The molecule has 2 unspecified atom stereocenters. The Bertz CT molecular complexity index is 1050. The summed E-state index contributed by atoms with van der Waals surface area (Å²) in [5, 5.41) is 19.4. The van der Waals surface area contributed by atoms with Crippen LogP contribution >= 0.6 is 23.2 Å². The molecule has 0 amide bonds. The summed E-state index contributed by atoms with van der Waals surface area (Å²) in [5.74, 6) is 0.0253. The molecule has 0 aliphatic carbocycles. The first-order chi connectivity index (χ1) is 14.8. The van der Waals surface area contributed by atoms with E-state index >= 15 is 0 Å². The van der Waals surface area contributed by atoms with Gasteiger partial charge in [-0.1, -0.05) is 59.6 Å². The second kappa shape index (κ2) is 10.4. The quantitative estimate of drug-likeness (QED) is 0.434. The first-order valence-electron chi connectivity index (χ1n) is 10.3. The highest BCUT2D eigenvalue weighted by molar-refractivity contribution is 6.35. The third-order valence-electron chi connectivity index (χ3n) is 5.43. The molecular formula is C24H27Cl2N3O2. The molecule has 0 radical (unpaired) electrons. The second-order valence-corrected chi connectivity index (χ2v) is 8.55. The molecule has 7 heteroatoms. The van der Waals surface area contributed by atoms with E-state index in [2.05, 4.69) is 10.4 Å². The molecule has 31 heavy (non-hydrogen) atoms. The van der Waals surface area contributed by atoms with Crippen LogP contribution in [0.1, 0.15) is 52.3 Å². The van der Waals surface area contributed by atoms with E-state index in [-0.39, 0.29) is 11.8 Å².